The molecule has 4 nitrogen and oxygen atoms in total. The highest BCUT2D eigenvalue weighted by molar-refractivity contribution is 5.74. The molecule has 0 aromatic carbocycles. The number of ether oxygens (including phenoxy) is 1. The SMILES string of the molecule is CCN(CC)C(=O)N1CCOC[C@@H]1C. The zero-order chi connectivity index (χ0) is 10.6. The fourth-order valence-electron chi connectivity index (χ4n) is 1.69. The Morgan fingerprint density at radius 1 is 1.50 bits per heavy atom. The lowest BCUT2D eigenvalue weighted by Crippen LogP contribution is -2.52. The quantitative estimate of drug-likeness (QED) is 0.670. The fourth-order valence-corrected chi connectivity index (χ4v) is 1.69. The van der Waals surface area contributed by atoms with Crippen molar-refractivity contribution in [1.82, 2.24) is 9.80 Å². The summed E-state index contributed by atoms with van der Waals surface area (Å²) in [6, 6.07) is 0.350. The summed E-state index contributed by atoms with van der Waals surface area (Å²) in [5.41, 5.74) is 0. The molecule has 0 aromatic heterocycles. The van der Waals surface area contributed by atoms with E-state index in [0.29, 0.717) is 13.2 Å². The van der Waals surface area contributed by atoms with Crippen LogP contribution >= 0.6 is 0 Å². The summed E-state index contributed by atoms with van der Waals surface area (Å²) in [6.07, 6.45) is 0. The van der Waals surface area contributed by atoms with E-state index in [1.807, 2.05) is 30.6 Å². The second-order valence-electron chi connectivity index (χ2n) is 3.57. The first-order valence-corrected chi connectivity index (χ1v) is 5.34. The van der Waals surface area contributed by atoms with E-state index in [-0.39, 0.29) is 12.1 Å². The minimum absolute atomic E-state index is 0.144. The summed E-state index contributed by atoms with van der Waals surface area (Å²) in [5.74, 6) is 0. The van der Waals surface area contributed by atoms with Crippen LogP contribution in [0.15, 0.2) is 0 Å². The Hall–Kier alpha value is -0.770. The summed E-state index contributed by atoms with van der Waals surface area (Å²) in [6.45, 7) is 9.64. The van der Waals surface area contributed by atoms with E-state index in [1.54, 1.807) is 0 Å². The number of carbonyl (C=O) groups is 1. The molecule has 1 fully saturated rings. The highest BCUT2D eigenvalue weighted by Gasteiger charge is 2.26. The molecule has 0 radical (unpaired) electrons. The molecule has 82 valence electrons. The van der Waals surface area contributed by atoms with Gasteiger partial charge in [0.1, 0.15) is 0 Å². The molecule has 1 heterocycles. The molecule has 1 aliphatic heterocycles. The van der Waals surface area contributed by atoms with Crippen LogP contribution in [0.5, 0.6) is 0 Å². The topological polar surface area (TPSA) is 32.8 Å². The van der Waals surface area contributed by atoms with Crippen molar-refractivity contribution in [2.75, 3.05) is 32.8 Å². The van der Waals surface area contributed by atoms with Crippen molar-refractivity contribution in [2.24, 2.45) is 0 Å². The van der Waals surface area contributed by atoms with Crippen molar-refractivity contribution in [1.29, 1.82) is 0 Å². The van der Waals surface area contributed by atoms with Crippen LogP contribution in [0.4, 0.5) is 4.79 Å². The molecular formula is C10H20N2O2. The van der Waals surface area contributed by atoms with Gasteiger partial charge < -0.3 is 14.5 Å². The fraction of sp³-hybridized carbons (Fsp3) is 0.900. The first kappa shape index (κ1) is 11.3. The monoisotopic (exact) mass is 200 g/mol. The van der Waals surface area contributed by atoms with E-state index in [4.69, 9.17) is 4.74 Å². The maximum Gasteiger partial charge on any atom is 0.320 e. The number of urea groups is 1. The second-order valence-corrected chi connectivity index (χ2v) is 3.57. The molecule has 0 spiro atoms. The van der Waals surface area contributed by atoms with Gasteiger partial charge in [-0.25, -0.2) is 4.79 Å². The van der Waals surface area contributed by atoms with Gasteiger partial charge in [-0.2, -0.15) is 0 Å². The highest BCUT2D eigenvalue weighted by Crippen LogP contribution is 2.09. The minimum Gasteiger partial charge on any atom is -0.377 e. The van der Waals surface area contributed by atoms with E-state index in [9.17, 15) is 4.79 Å². The molecular weight excluding hydrogens is 180 g/mol. The Morgan fingerprint density at radius 2 is 2.14 bits per heavy atom. The predicted molar refractivity (Wildman–Crippen MR) is 55.3 cm³/mol. The molecule has 2 amide bonds. The normalized spacial score (nSPS) is 22.2. The average Bonchev–Trinajstić information content (AvgIpc) is 2.20. The minimum atomic E-state index is 0.144. The summed E-state index contributed by atoms with van der Waals surface area (Å²) in [4.78, 5) is 15.7. The Labute approximate surface area is 85.8 Å². The lowest BCUT2D eigenvalue weighted by molar-refractivity contribution is 0.0110. The number of nitrogens with zero attached hydrogens (tertiary/aromatic N) is 2. The van der Waals surface area contributed by atoms with Crippen molar-refractivity contribution in [3.63, 3.8) is 0 Å². The Balaban J connectivity index is 2.57. The van der Waals surface area contributed by atoms with Gasteiger partial charge in [0.15, 0.2) is 0 Å². The highest BCUT2D eigenvalue weighted by atomic mass is 16.5. The van der Waals surface area contributed by atoms with Crippen molar-refractivity contribution in [3.05, 3.63) is 0 Å². The van der Waals surface area contributed by atoms with Crippen LogP contribution in [0, 0.1) is 0 Å². The van der Waals surface area contributed by atoms with Gasteiger partial charge in [-0.1, -0.05) is 0 Å². The lowest BCUT2D eigenvalue weighted by Gasteiger charge is -2.36. The average molecular weight is 200 g/mol. The van der Waals surface area contributed by atoms with Crippen LogP contribution in [-0.4, -0.2) is 54.7 Å². The van der Waals surface area contributed by atoms with Gasteiger partial charge in [0, 0.05) is 19.6 Å². The van der Waals surface area contributed by atoms with Crippen molar-refractivity contribution in [2.45, 2.75) is 26.8 Å². The zero-order valence-electron chi connectivity index (χ0n) is 9.32. The van der Waals surface area contributed by atoms with Gasteiger partial charge in [-0.05, 0) is 20.8 Å². The largest absolute Gasteiger partial charge is 0.377 e. The van der Waals surface area contributed by atoms with Gasteiger partial charge in [-0.3, -0.25) is 0 Å². The van der Waals surface area contributed by atoms with Gasteiger partial charge in [0.25, 0.3) is 0 Å². The van der Waals surface area contributed by atoms with Gasteiger partial charge >= 0.3 is 6.03 Å². The third-order valence-corrected chi connectivity index (χ3v) is 2.65. The zero-order valence-corrected chi connectivity index (χ0v) is 9.32. The van der Waals surface area contributed by atoms with E-state index in [0.717, 1.165) is 19.6 Å². The van der Waals surface area contributed by atoms with Crippen LogP contribution in [0.25, 0.3) is 0 Å². The molecule has 0 aliphatic carbocycles. The number of carbonyl (C=O) groups excluding carboxylic acids is 1. The predicted octanol–water partition coefficient (Wildman–Crippen LogP) is 1.17. The lowest BCUT2D eigenvalue weighted by atomic mass is 10.2. The number of hydrogen-bond donors (Lipinski definition) is 0. The Morgan fingerprint density at radius 3 is 2.64 bits per heavy atom. The number of rotatable bonds is 2. The molecule has 1 atom stereocenters. The summed E-state index contributed by atoms with van der Waals surface area (Å²) in [5, 5.41) is 0. The first-order chi connectivity index (χ1) is 6.70. The summed E-state index contributed by atoms with van der Waals surface area (Å²) in [7, 11) is 0. The maximum absolute atomic E-state index is 12.0. The van der Waals surface area contributed by atoms with E-state index < -0.39 is 0 Å². The van der Waals surface area contributed by atoms with Crippen molar-refractivity contribution >= 4 is 6.03 Å². The van der Waals surface area contributed by atoms with E-state index in [2.05, 4.69) is 0 Å². The van der Waals surface area contributed by atoms with Crippen LogP contribution in [0.3, 0.4) is 0 Å². The molecule has 4 heteroatoms. The van der Waals surface area contributed by atoms with Crippen molar-refractivity contribution in [3.8, 4) is 0 Å². The molecule has 0 bridgehead atoms. The summed E-state index contributed by atoms with van der Waals surface area (Å²) < 4.78 is 5.30. The smallest absolute Gasteiger partial charge is 0.320 e. The number of hydrogen-bond acceptors (Lipinski definition) is 2. The van der Waals surface area contributed by atoms with Gasteiger partial charge in [0.05, 0.1) is 19.3 Å². The van der Waals surface area contributed by atoms with Crippen LogP contribution < -0.4 is 0 Å². The Kier molecular flexibility index (Phi) is 4.20. The molecule has 1 aliphatic rings. The maximum atomic E-state index is 12.0. The molecule has 0 unspecified atom stereocenters. The molecule has 1 saturated heterocycles. The Bertz CT molecular complexity index is 193. The van der Waals surface area contributed by atoms with Crippen molar-refractivity contribution < 1.29 is 9.53 Å². The standard InChI is InChI=1S/C10H20N2O2/c1-4-11(5-2)10(13)12-6-7-14-8-9(12)3/h9H,4-8H2,1-3H3/t9-/m0/s1. The van der Waals surface area contributed by atoms with E-state index in [1.165, 1.54) is 0 Å². The first-order valence-electron chi connectivity index (χ1n) is 5.34. The van der Waals surface area contributed by atoms with Crippen LogP contribution in [0.1, 0.15) is 20.8 Å². The molecule has 0 aromatic rings. The second kappa shape index (κ2) is 5.20. The number of amides is 2. The molecule has 0 N–H and O–H groups in total. The summed E-state index contributed by atoms with van der Waals surface area (Å²) >= 11 is 0. The third kappa shape index (κ3) is 2.38. The number of morpholine rings is 1. The third-order valence-electron chi connectivity index (χ3n) is 2.65. The molecule has 1 rings (SSSR count). The van der Waals surface area contributed by atoms with Gasteiger partial charge in [0.2, 0.25) is 0 Å². The van der Waals surface area contributed by atoms with Crippen LogP contribution in [0.2, 0.25) is 0 Å². The van der Waals surface area contributed by atoms with Crippen LogP contribution in [-0.2, 0) is 4.74 Å². The van der Waals surface area contributed by atoms with E-state index >= 15 is 0 Å². The van der Waals surface area contributed by atoms with Gasteiger partial charge in [-0.15, -0.1) is 0 Å². The molecule has 0 saturated carbocycles. The molecule has 14 heavy (non-hydrogen) atoms.